The minimum absolute atomic E-state index is 0.248. The number of carbonyl (C=O) groups is 1. The van der Waals surface area contributed by atoms with Gasteiger partial charge in [0.15, 0.2) is 0 Å². The van der Waals surface area contributed by atoms with Crippen LogP contribution in [-0.4, -0.2) is 29.5 Å². The lowest BCUT2D eigenvalue weighted by molar-refractivity contribution is 0.0602. The number of nitrogen functional groups attached to an aromatic ring is 1. The van der Waals surface area contributed by atoms with Crippen molar-refractivity contribution in [3.8, 4) is 11.4 Å². The number of aromatic nitrogens is 2. The lowest BCUT2D eigenvalue weighted by atomic mass is 10.2. The number of methoxy groups -OCH3 is 1. The van der Waals surface area contributed by atoms with Crippen LogP contribution in [0.1, 0.15) is 24.2 Å². The largest absolute Gasteiger partial charge is 0.493 e. The molecular formula is C15H19N3O3. The minimum atomic E-state index is -0.504. The third-order valence-corrected chi connectivity index (χ3v) is 2.88. The van der Waals surface area contributed by atoms with Crippen LogP contribution in [0.15, 0.2) is 30.5 Å². The van der Waals surface area contributed by atoms with E-state index < -0.39 is 5.97 Å². The Balaban J connectivity index is 2.19. The third-order valence-electron chi connectivity index (χ3n) is 2.88. The standard InChI is InChI=1S/C15H19N3O3/c1-10(2)9-21-12-6-4-11(5-7-12)18-14(16)13(8-17-18)15(19)20-3/h4-8,10H,9,16H2,1-3H3. The minimum Gasteiger partial charge on any atom is -0.493 e. The summed E-state index contributed by atoms with van der Waals surface area (Å²) in [7, 11) is 1.31. The summed E-state index contributed by atoms with van der Waals surface area (Å²) in [4.78, 5) is 11.5. The monoisotopic (exact) mass is 289 g/mol. The van der Waals surface area contributed by atoms with Crippen molar-refractivity contribution in [1.82, 2.24) is 9.78 Å². The van der Waals surface area contributed by atoms with Gasteiger partial charge in [0.25, 0.3) is 0 Å². The molecule has 0 radical (unpaired) electrons. The van der Waals surface area contributed by atoms with Gasteiger partial charge in [0.2, 0.25) is 0 Å². The molecule has 21 heavy (non-hydrogen) atoms. The lowest BCUT2D eigenvalue weighted by Gasteiger charge is -2.10. The Morgan fingerprint density at radius 3 is 2.57 bits per heavy atom. The van der Waals surface area contributed by atoms with Gasteiger partial charge in [-0.05, 0) is 30.2 Å². The number of rotatable bonds is 5. The molecule has 0 aliphatic heterocycles. The second kappa shape index (κ2) is 6.30. The summed E-state index contributed by atoms with van der Waals surface area (Å²) in [5, 5.41) is 4.11. The van der Waals surface area contributed by atoms with Crippen LogP contribution in [-0.2, 0) is 4.74 Å². The summed E-state index contributed by atoms with van der Waals surface area (Å²) < 4.78 is 11.7. The predicted molar refractivity (Wildman–Crippen MR) is 79.6 cm³/mol. The van der Waals surface area contributed by atoms with Gasteiger partial charge in [-0.25, -0.2) is 9.48 Å². The number of nitrogens with zero attached hydrogens (tertiary/aromatic N) is 2. The fraction of sp³-hybridized carbons (Fsp3) is 0.333. The molecule has 6 heteroatoms. The Morgan fingerprint density at radius 2 is 2.00 bits per heavy atom. The molecule has 2 aromatic rings. The molecule has 1 heterocycles. The van der Waals surface area contributed by atoms with Gasteiger partial charge >= 0.3 is 5.97 Å². The summed E-state index contributed by atoms with van der Waals surface area (Å²) >= 11 is 0. The average Bonchev–Trinajstić information content (AvgIpc) is 2.86. The van der Waals surface area contributed by atoms with Crippen molar-refractivity contribution in [2.75, 3.05) is 19.5 Å². The first-order chi connectivity index (χ1) is 10.0. The molecule has 0 aliphatic rings. The van der Waals surface area contributed by atoms with Crippen LogP contribution in [0, 0.1) is 5.92 Å². The number of hydrogen-bond donors (Lipinski definition) is 1. The van der Waals surface area contributed by atoms with Crippen molar-refractivity contribution in [2.45, 2.75) is 13.8 Å². The Morgan fingerprint density at radius 1 is 1.33 bits per heavy atom. The number of ether oxygens (including phenoxy) is 2. The molecule has 2 rings (SSSR count). The predicted octanol–water partition coefficient (Wildman–Crippen LogP) is 2.28. The van der Waals surface area contributed by atoms with Gasteiger partial charge in [-0.15, -0.1) is 0 Å². The molecule has 0 saturated heterocycles. The van der Waals surface area contributed by atoms with Gasteiger partial charge in [-0.3, -0.25) is 0 Å². The second-order valence-corrected chi connectivity index (χ2v) is 5.05. The Bertz CT molecular complexity index is 618. The van der Waals surface area contributed by atoms with E-state index in [1.54, 1.807) is 0 Å². The number of nitrogens with two attached hydrogens (primary N) is 1. The quantitative estimate of drug-likeness (QED) is 0.854. The molecule has 6 nitrogen and oxygen atoms in total. The molecule has 0 atom stereocenters. The maximum absolute atomic E-state index is 11.5. The van der Waals surface area contributed by atoms with Gasteiger partial charge in [0, 0.05) is 0 Å². The fourth-order valence-electron chi connectivity index (χ4n) is 1.78. The third kappa shape index (κ3) is 3.34. The van der Waals surface area contributed by atoms with Gasteiger partial charge in [-0.1, -0.05) is 13.8 Å². The maximum Gasteiger partial charge on any atom is 0.343 e. The van der Waals surface area contributed by atoms with Crippen molar-refractivity contribution in [1.29, 1.82) is 0 Å². The van der Waals surface area contributed by atoms with Crippen LogP contribution in [0.4, 0.5) is 5.82 Å². The summed E-state index contributed by atoms with van der Waals surface area (Å²) in [6, 6.07) is 7.35. The maximum atomic E-state index is 11.5. The Kier molecular flexibility index (Phi) is 4.47. The smallest absolute Gasteiger partial charge is 0.343 e. The summed E-state index contributed by atoms with van der Waals surface area (Å²) in [5.74, 6) is 0.994. The van der Waals surface area contributed by atoms with Crippen LogP contribution in [0.5, 0.6) is 5.75 Å². The molecule has 0 aliphatic carbocycles. The van der Waals surface area contributed by atoms with E-state index in [9.17, 15) is 4.79 Å². The number of carbonyl (C=O) groups excluding carboxylic acids is 1. The molecule has 2 N–H and O–H groups in total. The van der Waals surface area contributed by atoms with E-state index in [4.69, 9.17) is 10.5 Å². The van der Waals surface area contributed by atoms with Gasteiger partial charge in [-0.2, -0.15) is 5.10 Å². The molecule has 0 fully saturated rings. The van der Waals surface area contributed by atoms with E-state index >= 15 is 0 Å². The van der Waals surface area contributed by atoms with Crippen LogP contribution < -0.4 is 10.5 Å². The number of hydrogen-bond acceptors (Lipinski definition) is 5. The highest BCUT2D eigenvalue weighted by molar-refractivity contribution is 5.94. The van der Waals surface area contributed by atoms with Crippen LogP contribution >= 0.6 is 0 Å². The lowest BCUT2D eigenvalue weighted by Crippen LogP contribution is -2.07. The molecule has 0 saturated carbocycles. The van der Waals surface area contributed by atoms with Crippen molar-refractivity contribution in [2.24, 2.45) is 5.92 Å². The molecule has 112 valence electrons. The van der Waals surface area contributed by atoms with E-state index in [1.807, 2.05) is 24.3 Å². The molecule has 1 aromatic heterocycles. The van der Waals surface area contributed by atoms with Crippen LogP contribution in [0.2, 0.25) is 0 Å². The first kappa shape index (κ1) is 14.9. The SMILES string of the molecule is COC(=O)c1cnn(-c2ccc(OCC(C)C)cc2)c1N. The summed E-state index contributed by atoms with van der Waals surface area (Å²) in [6.07, 6.45) is 1.39. The van der Waals surface area contributed by atoms with Crippen LogP contribution in [0.3, 0.4) is 0 Å². The molecular weight excluding hydrogens is 270 g/mol. The van der Waals surface area contributed by atoms with Crippen molar-refractivity contribution >= 4 is 11.8 Å². The van der Waals surface area contributed by atoms with Gasteiger partial charge in [0.1, 0.15) is 17.1 Å². The zero-order chi connectivity index (χ0) is 15.4. The highest BCUT2D eigenvalue weighted by Gasteiger charge is 2.16. The van der Waals surface area contributed by atoms with E-state index in [-0.39, 0.29) is 11.4 Å². The molecule has 0 unspecified atom stereocenters. The highest BCUT2D eigenvalue weighted by Crippen LogP contribution is 2.20. The topological polar surface area (TPSA) is 79.4 Å². The first-order valence-corrected chi connectivity index (χ1v) is 6.68. The van der Waals surface area contributed by atoms with Crippen LogP contribution in [0.25, 0.3) is 5.69 Å². The highest BCUT2D eigenvalue weighted by atomic mass is 16.5. The van der Waals surface area contributed by atoms with E-state index in [1.165, 1.54) is 18.0 Å². The second-order valence-electron chi connectivity index (χ2n) is 5.05. The number of esters is 1. The van der Waals surface area contributed by atoms with E-state index in [0.29, 0.717) is 12.5 Å². The number of benzene rings is 1. The zero-order valence-corrected chi connectivity index (χ0v) is 12.4. The Labute approximate surface area is 123 Å². The normalized spacial score (nSPS) is 10.7. The number of anilines is 1. The Hall–Kier alpha value is -2.50. The van der Waals surface area contributed by atoms with Crippen molar-refractivity contribution in [3.63, 3.8) is 0 Å². The summed E-state index contributed by atoms with van der Waals surface area (Å²) in [5.41, 5.74) is 6.91. The van der Waals surface area contributed by atoms with E-state index in [0.717, 1.165) is 11.4 Å². The average molecular weight is 289 g/mol. The first-order valence-electron chi connectivity index (χ1n) is 6.68. The van der Waals surface area contributed by atoms with Crippen molar-refractivity contribution in [3.05, 3.63) is 36.0 Å². The van der Waals surface area contributed by atoms with E-state index in [2.05, 4.69) is 23.7 Å². The molecule has 0 amide bonds. The van der Waals surface area contributed by atoms with Gasteiger partial charge in [0.05, 0.1) is 25.6 Å². The van der Waals surface area contributed by atoms with Gasteiger partial charge < -0.3 is 15.2 Å². The summed E-state index contributed by atoms with van der Waals surface area (Å²) in [6.45, 7) is 4.84. The fourth-order valence-corrected chi connectivity index (χ4v) is 1.78. The van der Waals surface area contributed by atoms with Crippen molar-refractivity contribution < 1.29 is 14.3 Å². The molecule has 0 spiro atoms. The zero-order valence-electron chi connectivity index (χ0n) is 12.4. The molecule has 0 bridgehead atoms. The molecule has 1 aromatic carbocycles.